The first-order valence-electron chi connectivity index (χ1n) is 8.38. The lowest BCUT2D eigenvalue weighted by Crippen LogP contribution is -2.40. The minimum atomic E-state index is 0.0809. The van der Waals surface area contributed by atoms with Crippen molar-refractivity contribution in [2.45, 2.75) is 45.6 Å². The third-order valence-corrected chi connectivity index (χ3v) is 4.65. The summed E-state index contributed by atoms with van der Waals surface area (Å²) in [6.07, 6.45) is 6.89. The van der Waals surface area contributed by atoms with Crippen LogP contribution in [-0.4, -0.2) is 22.3 Å². The first-order valence-corrected chi connectivity index (χ1v) is 8.38. The van der Waals surface area contributed by atoms with Crippen molar-refractivity contribution >= 4 is 5.91 Å². The highest BCUT2D eigenvalue weighted by atomic mass is 16.3. The van der Waals surface area contributed by atoms with Gasteiger partial charge in [-0.2, -0.15) is 0 Å². The maximum atomic E-state index is 12.7. The second kappa shape index (κ2) is 6.99. The van der Waals surface area contributed by atoms with Crippen LogP contribution in [0, 0.1) is 12.8 Å². The molecular formula is C19H24N2O2. The average molecular weight is 312 g/mol. The van der Waals surface area contributed by atoms with E-state index in [4.69, 9.17) is 4.42 Å². The molecule has 1 fully saturated rings. The number of aryl methyl sites for hydroxylation is 2. The highest BCUT2D eigenvalue weighted by Crippen LogP contribution is 2.35. The number of furan rings is 1. The molecule has 1 aliphatic heterocycles. The fraction of sp³-hybridized carbons (Fsp3) is 0.474. The molecule has 3 heterocycles. The molecule has 1 saturated heterocycles. The number of piperidine rings is 1. The van der Waals surface area contributed by atoms with Crippen molar-refractivity contribution in [3.8, 4) is 0 Å². The number of aromatic nitrogens is 1. The zero-order chi connectivity index (χ0) is 16.2. The van der Waals surface area contributed by atoms with Crippen LogP contribution in [0.2, 0.25) is 0 Å². The fourth-order valence-corrected chi connectivity index (χ4v) is 3.29. The topological polar surface area (TPSA) is 46.3 Å². The van der Waals surface area contributed by atoms with Gasteiger partial charge in [0.2, 0.25) is 5.91 Å². The van der Waals surface area contributed by atoms with E-state index in [9.17, 15) is 4.79 Å². The lowest BCUT2D eigenvalue weighted by Gasteiger charge is -2.37. The van der Waals surface area contributed by atoms with E-state index in [2.05, 4.69) is 11.9 Å². The van der Waals surface area contributed by atoms with Crippen LogP contribution < -0.4 is 0 Å². The second-order valence-electron chi connectivity index (χ2n) is 6.54. The van der Waals surface area contributed by atoms with E-state index in [1.165, 1.54) is 0 Å². The standard InChI is InChI=1S/C19H24N2O2/c1-14-9-12-21(17(13-14)18-5-3-15(2)23-18)19(22)6-4-16-7-10-20-11-8-16/h3,5,7-8,10-11,14,17H,4,6,9,12-13H2,1-2H3/t14-,17-/m1/s1. The van der Waals surface area contributed by atoms with E-state index < -0.39 is 0 Å². The van der Waals surface area contributed by atoms with Gasteiger partial charge >= 0.3 is 0 Å². The van der Waals surface area contributed by atoms with E-state index in [-0.39, 0.29) is 11.9 Å². The highest BCUT2D eigenvalue weighted by Gasteiger charge is 2.32. The molecule has 23 heavy (non-hydrogen) atoms. The average Bonchev–Trinajstić information content (AvgIpc) is 3.00. The van der Waals surface area contributed by atoms with Crippen LogP contribution in [0.15, 0.2) is 41.1 Å². The summed E-state index contributed by atoms with van der Waals surface area (Å²) < 4.78 is 5.81. The normalized spacial score (nSPS) is 21.4. The quantitative estimate of drug-likeness (QED) is 0.859. The summed E-state index contributed by atoms with van der Waals surface area (Å²) in [5, 5.41) is 0. The van der Waals surface area contributed by atoms with Crippen LogP contribution in [0.1, 0.15) is 49.3 Å². The third kappa shape index (κ3) is 3.81. The number of carbonyl (C=O) groups excluding carboxylic acids is 1. The molecule has 1 amide bonds. The van der Waals surface area contributed by atoms with Gasteiger partial charge in [0.1, 0.15) is 11.5 Å². The van der Waals surface area contributed by atoms with Gasteiger partial charge in [0.15, 0.2) is 0 Å². The van der Waals surface area contributed by atoms with Crippen LogP contribution in [0.3, 0.4) is 0 Å². The number of nitrogens with zero attached hydrogens (tertiary/aromatic N) is 2. The summed E-state index contributed by atoms with van der Waals surface area (Å²) >= 11 is 0. The summed E-state index contributed by atoms with van der Waals surface area (Å²) in [5.41, 5.74) is 1.16. The van der Waals surface area contributed by atoms with Crippen LogP contribution in [0.5, 0.6) is 0 Å². The van der Waals surface area contributed by atoms with E-state index >= 15 is 0 Å². The monoisotopic (exact) mass is 312 g/mol. The molecule has 0 saturated carbocycles. The van der Waals surface area contributed by atoms with Crippen molar-refractivity contribution < 1.29 is 9.21 Å². The predicted molar refractivity (Wildman–Crippen MR) is 88.9 cm³/mol. The Labute approximate surface area is 137 Å². The summed E-state index contributed by atoms with van der Waals surface area (Å²) in [6.45, 7) is 5.02. The Hall–Kier alpha value is -2.10. The molecule has 0 N–H and O–H groups in total. The van der Waals surface area contributed by atoms with Crippen LogP contribution in [0.4, 0.5) is 0 Å². The first-order chi connectivity index (χ1) is 11.1. The summed E-state index contributed by atoms with van der Waals surface area (Å²) in [5.74, 6) is 2.66. The summed E-state index contributed by atoms with van der Waals surface area (Å²) in [6, 6.07) is 8.02. The van der Waals surface area contributed by atoms with Crippen molar-refractivity contribution in [2.24, 2.45) is 5.92 Å². The van der Waals surface area contributed by atoms with Gasteiger partial charge < -0.3 is 9.32 Å². The third-order valence-electron chi connectivity index (χ3n) is 4.65. The number of carbonyl (C=O) groups is 1. The van der Waals surface area contributed by atoms with Gasteiger partial charge in [0.05, 0.1) is 6.04 Å². The minimum Gasteiger partial charge on any atom is -0.464 e. The molecule has 2 aromatic rings. The number of amides is 1. The van der Waals surface area contributed by atoms with Crippen molar-refractivity contribution in [3.05, 3.63) is 53.7 Å². The van der Waals surface area contributed by atoms with Crippen molar-refractivity contribution in [1.29, 1.82) is 0 Å². The molecule has 0 unspecified atom stereocenters. The molecule has 0 bridgehead atoms. The number of likely N-dealkylation sites (tertiary alicyclic amines) is 1. The highest BCUT2D eigenvalue weighted by molar-refractivity contribution is 5.77. The number of rotatable bonds is 4. The maximum absolute atomic E-state index is 12.7. The molecular weight excluding hydrogens is 288 g/mol. The summed E-state index contributed by atoms with van der Waals surface area (Å²) in [4.78, 5) is 18.8. The number of hydrogen-bond acceptors (Lipinski definition) is 3. The molecule has 2 aromatic heterocycles. The molecule has 0 aliphatic carbocycles. The maximum Gasteiger partial charge on any atom is 0.223 e. The molecule has 0 spiro atoms. The molecule has 3 rings (SSSR count). The Morgan fingerprint density at radius 3 is 2.78 bits per heavy atom. The van der Waals surface area contributed by atoms with Gasteiger partial charge in [-0.05, 0) is 61.9 Å². The zero-order valence-electron chi connectivity index (χ0n) is 13.9. The molecule has 0 aromatic carbocycles. The van der Waals surface area contributed by atoms with Crippen molar-refractivity contribution in [1.82, 2.24) is 9.88 Å². The van der Waals surface area contributed by atoms with Crippen LogP contribution in [-0.2, 0) is 11.2 Å². The lowest BCUT2D eigenvalue weighted by molar-refractivity contribution is -0.136. The SMILES string of the molecule is Cc1ccc([C@H]2C[C@H](C)CCN2C(=O)CCc2ccncc2)o1. The van der Waals surface area contributed by atoms with Gasteiger partial charge in [-0.15, -0.1) is 0 Å². The minimum absolute atomic E-state index is 0.0809. The van der Waals surface area contributed by atoms with Crippen molar-refractivity contribution in [3.63, 3.8) is 0 Å². The number of hydrogen-bond donors (Lipinski definition) is 0. The molecule has 1 aliphatic rings. The molecule has 4 nitrogen and oxygen atoms in total. The van der Waals surface area contributed by atoms with Crippen molar-refractivity contribution in [2.75, 3.05) is 6.54 Å². The van der Waals surface area contributed by atoms with E-state index in [1.54, 1.807) is 12.4 Å². The van der Waals surface area contributed by atoms with E-state index in [0.717, 1.165) is 42.9 Å². The van der Waals surface area contributed by atoms with E-state index in [0.29, 0.717) is 12.3 Å². The Balaban J connectivity index is 1.69. The Bertz CT molecular complexity index is 650. The van der Waals surface area contributed by atoms with Gasteiger partial charge in [-0.25, -0.2) is 0 Å². The molecule has 4 heteroatoms. The summed E-state index contributed by atoms with van der Waals surface area (Å²) in [7, 11) is 0. The smallest absolute Gasteiger partial charge is 0.223 e. The van der Waals surface area contributed by atoms with Gasteiger partial charge in [0.25, 0.3) is 0 Å². The Kier molecular flexibility index (Phi) is 4.79. The van der Waals surface area contributed by atoms with Gasteiger partial charge in [-0.1, -0.05) is 6.92 Å². The lowest BCUT2D eigenvalue weighted by atomic mass is 9.90. The van der Waals surface area contributed by atoms with Crippen LogP contribution >= 0.6 is 0 Å². The zero-order valence-corrected chi connectivity index (χ0v) is 13.9. The molecule has 122 valence electrons. The largest absolute Gasteiger partial charge is 0.464 e. The van der Waals surface area contributed by atoms with E-state index in [1.807, 2.05) is 36.1 Å². The Morgan fingerprint density at radius 1 is 1.30 bits per heavy atom. The predicted octanol–water partition coefficient (Wildman–Crippen LogP) is 3.92. The van der Waals surface area contributed by atoms with Gasteiger partial charge in [-0.3, -0.25) is 9.78 Å². The number of pyridine rings is 1. The molecule has 2 atom stereocenters. The van der Waals surface area contributed by atoms with Gasteiger partial charge in [0, 0.05) is 25.4 Å². The Morgan fingerprint density at radius 2 is 2.09 bits per heavy atom. The second-order valence-corrected chi connectivity index (χ2v) is 6.54. The first kappa shape index (κ1) is 15.8. The fourth-order valence-electron chi connectivity index (χ4n) is 3.29. The molecule has 0 radical (unpaired) electrons. The van der Waals surface area contributed by atoms with Crippen LogP contribution in [0.25, 0.3) is 0 Å².